The summed E-state index contributed by atoms with van der Waals surface area (Å²) in [5.74, 6) is -0.107. The van der Waals surface area contributed by atoms with E-state index in [4.69, 9.17) is 5.11 Å². The minimum Gasteiger partial charge on any atom is -0.480 e. The SMILES string of the molecule is C=CCN(CC(=O)O)C(=O)N1CCSC(C)C1C. The number of hydrogen-bond acceptors (Lipinski definition) is 3. The summed E-state index contributed by atoms with van der Waals surface area (Å²) < 4.78 is 0. The van der Waals surface area contributed by atoms with E-state index in [1.165, 1.54) is 4.90 Å². The van der Waals surface area contributed by atoms with Crippen molar-refractivity contribution in [3.05, 3.63) is 12.7 Å². The van der Waals surface area contributed by atoms with Crippen LogP contribution < -0.4 is 0 Å². The number of carbonyl (C=O) groups excluding carboxylic acids is 1. The first-order valence-electron chi connectivity index (χ1n) is 5.97. The fraction of sp³-hybridized carbons (Fsp3) is 0.667. The normalized spacial score (nSPS) is 23.6. The third kappa shape index (κ3) is 3.66. The zero-order valence-electron chi connectivity index (χ0n) is 10.8. The molecule has 2 unspecified atom stereocenters. The molecule has 1 heterocycles. The van der Waals surface area contributed by atoms with Crippen molar-refractivity contribution < 1.29 is 14.7 Å². The largest absolute Gasteiger partial charge is 0.480 e. The van der Waals surface area contributed by atoms with E-state index < -0.39 is 5.97 Å². The lowest BCUT2D eigenvalue weighted by molar-refractivity contribution is -0.137. The Kier molecular flexibility index (Phi) is 5.53. The molecule has 1 rings (SSSR count). The van der Waals surface area contributed by atoms with Crippen molar-refractivity contribution >= 4 is 23.8 Å². The fourth-order valence-electron chi connectivity index (χ4n) is 1.91. The molecule has 1 saturated heterocycles. The molecule has 6 heteroatoms. The number of nitrogens with zero attached hydrogens (tertiary/aromatic N) is 2. The summed E-state index contributed by atoms with van der Waals surface area (Å²) in [5.41, 5.74) is 0. The molecule has 0 spiro atoms. The predicted octanol–water partition coefficient (Wildman–Crippen LogP) is 1.50. The number of thioether (sulfide) groups is 1. The van der Waals surface area contributed by atoms with Gasteiger partial charge in [0.05, 0.1) is 0 Å². The third-order valence-corrected chi connectivity index (χ3v) is 4.41. The van der Waals surface area contributed by atoms with Crippen LogP contribution in [0, 0.1) is 0 Å². The standard InChI is InChI=1S/C12H20N2O3S/c1-4-5-13(8-11(15)16)12(17)14-6-7-18-10(3)9(14)2/h4,9-10H,1,5-8H2,2-3H3,(H,15,16). The maximum absolute atomic E-state index is 12.3. The molecular weight excluding hydrogens is 252 g/mol. The van der Waals surface area contributed by atoms with Gasteiger partial charge < -0.3 is 14.9 Å². The van der Waals surface area contributed by atoms with E-state index in [1.807, 2.05) is 18.7 Å². The van der Waals surface area contributed by atoms with Gasteiger partial charge in [-0.15, -0.1) is 6.58 Å². The van der Waals surface area contributed by atoms with E-state index in [9.17, 15) is 9.59 Å². The lowest BCUT2D eigenvalue weighted by atomic mass is 10.2. The van der Waals surface area contributed by atoms with Crippen molar-refractivity contribution in [1.82, 2.24) is 9.80 Å². The van der Waals surface area contributed by atoms with Crippen LogP contribution in [0.2, 0.25) is 0 Å². The summed E-state index contributed by atoms with van der Waals surface area (Å²) in [6.45, 7) is 8.30. The van der Waals surface area contributed by atoms with E-state index in [0.29, 0.717) is 11.8 Å². The van der Waals surface area contributed by atoms with Gasteiger partial charge in [-0.1, -0.05) is 13.0 Å². The van der Waals surface area contributed by atoms with Gasteiger partial charge in [0, 0.05) is 30.1 Å². The van der Waals surface area contributed by atoms with Crippen molar-refractivity contribution in [3.8, 4) is 0 Å². The molecule has 18 heavy (non-hydrogen) atoms. The first-order chi connectivity index (χ1) is 8.47. The van der Waals surface area contributed by atoms with Crippen LogP contribution in [-0.4, -0.2) is 63.6 Å². The molecule has 2 atom stereocenters. The summed E-state index contributed by atoms with van der Waals surface area (Å²) in [6, 6.07) is -0.0886. The molecule has 1 N–H and O–H groups in total. The van der Waals surface area contributed by atoms with Crippen molar-refractivity contribution in [2.24, 2.45) is 0 Å². The third-order valence-electron chi connectivity index (χ3n) is 3.08. The highest BCUT2D eigenvalue weighted by atomic mass is 32.2. The smallest absolute Gasteiger partial charge is 0.323 e. The molecule has 1 aliphatic rings. The Balaban J connectivity index is 2.74. The predicted molar refractivity (Wildman–Crippen MR) is 72.9 cm³/mol. The zero-order valence-corrected chi connectivity index (χ0v) is 11.7. The van der Waals surface area contributed by atoms with Crippen LogP contribution in [0.25, 0.3) is 0 Å². The van der Waals surface area contributed by atoms with Crippen LogP contribution in [0.4, 0.5) is 4.79 Å². The highest BCUT2D eigenvalue weighted by Gasteiger charge is 2.31. The summed E-state index contributed by atoms with van der Waals surface area (Å²) in [5, 5.41) is 9.20. The topological polar surface area (TPSA) is 60.9 Å². The zero-order chi connectivity index (χ0) is 13.7. The highest BCUT2D eigenvalue weighted by molar-refractivity contribution is 8.00. The number of amides is 2. The molecule has 0 aliphatic carbocycles. The van der Waals surface area contributed by atoms with Crippen LogP contribution in [0.15, 0.2) is 12.7 Å². The Labute approximate surface area is 112 Å². The molecule has 0 bridgehead atoms. The minimum atomic E-state index is -1.00. The average molecular weight is 272 g/mol. The number of rotatable bonds is 4. The summed E-state index contributed by atoms with van der Waals surface area (Å²) in [6.07, 6.45) is 1.55. The van der Waals surface area contributed by atoms with Crippen molar-refractivity contribution in [2.75, 3.05) is 25.4 Å². The first-order valence-corrected chi connectivity index (χ1v) is 7.02. The van der Waals surface area contributed by atoms with Gasteiger partial charge in [0.1, 0.15) is 6.54 Å². The van der Waals surface area contributed by atoms with Gasteiger partial charge in [0.2, 0.25) is 0 Å². The molecule has 0 aromatic rings. The molecule has 0 aromatic carbocycles. The van der Waals surface area contributed by atoms with Crippen LogP contribution in [0.1, 0.15) is 13.8 Å². The second kappa shape index (κ2) is 6.68. The quantitative estimate of drug-likeness (QED) is 0.788. The number of carbonyl (C=O) groups is 2. The Morgan fingerprint density at radius 1 is 1.56 bits per heavy atom. The van der Waals surface area contributed by atoms with E-state index in [0.717, 1.165) is 5.75 Å². The lowest BCUT2D eigenvalue weighted by Gasteiger charge is -2.39. The summed E-state index contributed by atoms with van der Waals surface area (Å²) >= 11 is 1.84. The first kappa shape index (κ1) is 14.9. The van der Waals surface area contributed by atoms with E-state index in [-0.39, 0.29) is 25.2 Å². The van der Waals surface area contributed by atoms with Crippen LogP contribution in [0.3, 0.4) is 0 Å². The number of carboxylic acid groups (broad SMARTS) is 1. The summed E-state index contributed by atoms with van der Waals surface area (Å²) in [7, 11) is 0. The van der Waals surface area contributed by atoms with Crippen molar-refractivity contribution in [3.63, 3.8) is 0 Å². The second-order valence-corrected chi connectivity index (χ2v) is 5.84. The van der Waals surface area contributed by atoms with E-state index in [1.54, 1.807) is 11.0 Å². The minimum absolute atomic E-state index is 0.123. The number of hydrogen-bond donors (Lipinski definition) is 1. The highest BCUT2D eigenvalue weighted by Crippen LogP contribution is 2.25. The Morgan fingerprint density at radius 3 is 2.78 bits per heavy atom. The molecule has 1 aliphatic heterocycles. The number of aliphatic carboxylic acids is 1. The fourth-order valence-corrected chi connectivity index (χ4v) is 3.01. The molecule has 2 amide bonds. The lowest BCUT2D eigenvalue weighted by Crippen LogP contribution is -2.54. The van der Waals surface area contributed by atoms with E-state index >= 15 is 0 Å². The van der Waals surface area contributed by atoms with Gasteiger partial charge in [-0.25, -0.2) is 4.79 Å². The summed E-state index contributed by atoms with van der Waals surface area (Å²) in [4.78, 5) is 26.1. The van der Waals surface area contributed by atoms with Crippen molar-refractivity contribution in [2.45, 2.75) is 25.1 Å². The molecule has 0 aromatic heterocycles. The number of carboxylic acids is 1. The maximum Gasteiger partial charge on any atom is 0.323 e. The second-order valence-electron chi connectivity index (χ2n) is 4.36. The Morgan fingerprint density at radius 2 is 2.22 bits per heavy atom. The van der Waals surface area contributed by atoms with Gasteiger partial charge >= 0.3 is 12.0 Å². The van der Waals surface area contributed by atoms with Crippen LogP contribution in [-0.2, 0) is 4.79 Å². The van der Waals surface area contributed by atoms with Crippen molar-refractivity contribution in [1.29, 1.82) is 0 Å². The molecule has 5 nitrogen and oxygen atoms in total. The average Bonchev–Trinajstić information content (AvgIpc) is 2.31. The molecule has 1 fully saturated rings. The van der Waals surface area contributed by atoms with Gasteiger partial charge in [-0.3, -0.25) is 4.79 Å². The maximum atomic E-state index is 12.3. The van der Waals surface area contributed by atoms with Gasteiger partial charge in [-0.05, 0) is 6.92 Å². The van der Waals surface area contributed by atoms with E-state index in [2.05, 4.69) is 13.5 Å². The molecule has 102 valence electrons. The monoisotopic (exact) mass is 272 g/mol. The van der Waals surface area contributed by atoms with Gasteiger partial charge in [-0.2, -0.15) is 11.8 Å². The van der Waals surface area contributed by atoms with Crippen LogP contribution >= 0.6 is 11.8 Å². The number of urea groups is 1. The van der Waals surface area contributed by atoms with Crippen LogP contribution in [0.5, 0.6) is 0 Å². The molecule has 0 radical (unpaired) electrons. The molecule has 0 saturated carbocycles. The van der Waals surface area contributed by atoms with Gasteiger partial charge in [0.15, 0.2) is 0 Å². The molecular formula is C12H20N2O3S. The Bertz CT molecular complexity index is 335. The van der Waals surface area contributed by atoms with Gasteiger partial charge in [0.25, 0.3) is 0 Å². The Hall–Kier alpha value is -1.17.